The van der Waals surface area contributed by atoms with Crippen molar-refractivity contribution < 1.29 is 24.1 Å². The summed E-state index contributed by atoms with van der Waals surface area (Å²) in [5.41, 5.74) is 0. The Bertz CT molecular complexity index is 79.7. The van der Waals surface area contributed by atoms with Crippen molar-refractivity contribution in [3.63, 3.8) is 0 Å². The zero-order chi connectivity index (χ0) is 8.15. The number of hydrogen-bond donors (Lipinski definition) is 2. The van der Waals surface area contributed by atoms with Crippen LogP contribution in [-0.2, 0) is 9.47 Å². The van der Waals surface area contributed by atoms with E-state index in [-0.39, 0.29) is 0 Å². The van der Waals surface area contributed by atoms with E-state index in [2.05, 4.69) is 9.47 Å². The fourth-order valence-electron chi connectivity index (χ4n) is 0.401. The molecule has 0 saturated carbocycles. The van der Waals surface area contributed by atoms with Crippen molar-refractivity contribution in [1.29, 1.82) is 0 Å². The highest BCUT2D eigenvalue weighted by atomic mass is 19.1. The molecule has 0 aliphatic rings. The molecule has 4 nitrogen and oxygen atoms in total. The predicted molar refractivity (Wildman–Crippen MR) is 30.9 cm³/mol. The standard InChI is InChI=1S/C5H11FO4/c1-9-4(7)3(6)5(8)10-2/h3-5,7-8H,1-2H3. The molecule has 0 amide bonds. The lowest BCUT2D eigenvalue weighted by molar-refractivity contribution is -0.205. The first kappa shape index (κ1) is 9.77. The fraction of sp³-hybridized carbons (Fsp3) is 1.00. The van der Waals surface area contributed by atoms with Crippen LogP contribution in [0.4, 0.5) is 4.39 Å². The number of alkyl halides is 1. The van der Waals surface area contributed by atoms with Gasteiger partial charge in [0.15, 0.2) is 12.6 Å². The van der Waals surface area contributed by atoms with Crippen LogP contribution in [0.15, 0.2) is 0 Å². The lowest BCUT2D eigenvalue weighted by atomic mass is 10.3. The van der Waals surface area contributed by atoms with Crippen LogP contribution in [0.2, 0.25) is 0 Å². The maximum Gasteiger partial charge on any atom is 0.201 e. The van der Waals surface area contributed by atoms with Crippen LogP contribution in [-0.4, -0.2) is 43.2 Å². The van der Waals surface area contributed by atoms with Gasteiger partial charge >= 0.3 is 0 Å². The molecule has 0 fully saturated rings. The van der Waals surface area contributed by atoms with Crippen LogP contribution >= 0.6 is 0 Å². The summed E-state index contributed by atoms with van der Waals surface area (Å²) >= 11 is 0. The zero-order valence-corrected chi connectivity index (χ0v) is 5.82. The van der Waals surface area contributed by atoms with E-state index in [0.717, 1.165) is 14.2 Å². The highest BCUT2D eigenvalue weighted by Crippen LogP contribution is 2.05. The Labute approximate surface area is 58.2 Å². The average Bonchev–Trinajstić information content (AvgIpc) is 2.00. The quantitative estimate of drug-likeness (QED) is 0.523. The van der Waals surface area contributed by atoms with Gasteiger partial charge in [0.1, 0.15) is 0 Å². The van der Waals surface area contributed by atoms with Crippen molar-refractivity contribution >= 4 is 0 Å². The first-order chi connectivity index (χ1) is 4.63. The van der Waals surface area contributed by atoms with Crippen molar-refractivity contribution in [3.8, 4) is 0 Å². The van der Waals surface area contributed by atoms with Crippen LogP contribution in [0.1, 0.15) is 0 Å². The SMILES string of the molecule is COC(O)C(F)C(O)OC. The molecule has 0 heterocycles. The number of aliphatic hydroxyl groups excluding tert-OH is 2. The molecule has 10 heavy (non-hydrogen) atoms. The number of rotatable bonds is 4. The van der Waals surface area contributed by atoms with Gasteiger partial charge in [0.2, 0.25) is 6.17 Å². The number of methoxy groups -OCH3 is 2. The molecular weight excluding hydrogens is 143 g/mol. The molecule has 0 bridgehead atoms. The fourth-order valence-corrected chi connectivity index (χ4v) is 0.401. The number of halogens is 1. The zero-order valence-electron chi connectivity index (χ0n) is 5.82. The monoisotopic (exact) mass is 154 g/mol. The molecule has 0 spiro atoms. The highest BCUT2D eigenvalue weighted by molar-refractivity contribution is 4.60. The number of aliphatic hydroxyl groups is 2. The summed E-state index contributed by atoms with van der Waals surface area (Å²) < 4.78 is 20.8. The van der Waals surface area contributed by atoms with Gasteiger partial charge in [-0.1, -0.05) is 0 Å². The van der Waals surface area contributed by atoms with Gasteiger partial charge in [-0.2, -0.15) is 0 Å². The Kier molecular flexibility index (Phi) is 4.46. The second kappa shape index (κ2) is 4.56. The summed E-state index contributed by atoms with van der Waals surface area (Å²) in [6.07, 6.45) is -5.22. The maximum absolute atomic E-state index is 12.4. The molecule has 5 heteroatoms. The van der Waals surface area contributed by atoms with E-state index in [1.165, 1.54) is 0 Å². The van der Waals surface area contributed by atoms with E-state index >= 15 is 0 Å². The van der Waals surface area contributed by atoms with Crippen molar-refractivity contribution in [2.75, 3.05) is 14.2 Å². The number of ether oxygens (including phenoxy) is 2. The summed E-state index contributed by atoms with van der Waals surface area (Å²) in [7, 11) is 2.25. The topological polar surface area (TPSA) is 58.9 Å². The van der Waals surface area contributed by atoms with Gasteiger partial charge in [-0.05, 0) is 0 Å². The second-order valence-electron chi connectivity index (χ2n) is 1.70. The molecule has 0 radical (unpaired) electrons. The van der Waals surface area contributed by atoms with Gasteiger partial charge in [0.25, 0.3) is 0 Å². The smallest absolute Gasteiger partial charge is 0.201 e. The molecule has 0 rings (SSSR count). The summed E-state index contributed by atoms with van der Waals surface area (Å²) in [5, 5.41) is 17.2. The van der Waals surface area contributed by atoms with Crippen LogP contribution in [0.3, 0.4) is 0 Å². The molecule has 0 aromatic rings. The van der Waals surface area contributed by atoms with Crippen LogP contribution in [0.5, 0.6) is 0 Å². The minimum absolute atomic E-state index is 1.12. The van der Waals surface area contributed by atoms with E-state index in [4.69, 9.17) is 10.2 Å². The summed E-state index contributed by atoms with van der Waals surface area (Å²) in [6.45, 7) is 0. The lowest BCUT2D eigenvalue weighted by Gasteiger charge is -2.17. The highest BCUT2D eigenvalue weighted by Gasteiger charge is 2.26. The van der Waals surface area contributed by atoms with Gasteiger partial charge in [0.05, 0.1) is 0 Å². The van der Waals surface area contributed by atoms with Crippen molar-refractivity contribution in [1.82, 2.24) is 0 Å². The Balaban J connectivity index is 3.69. The summed E-state index contributed by atoms with van der Waals surface area (Å²) in [4.78, 5) is 0. The molecule has 2 atom stereocenters. The molecule has 0 aliphatic heterocycles. The van der Waals surface area contributed by atoms with Crippen LogP contribution < -0.4 is 0 Å². The van der Waals surface area contributed by atoms with E-state index in [1.54, 1.807) is 0 Å². The minimum atomic E-state index is -1.94. The molecule has 2 unspecified atom stereocenters. The Morgan fingerprint density at radius 1 is 1.10 bits per heavy atom. The van der Waals surface area contributed by atoms with E-state index < -0.39 is 18.8 Å². The molecular formula is C5H11FO4. The lowest BCUT2D eigenvalue weighted by Crippen LogP contribution is -2.35. The van der Waals surface area contributed by atoms with Gasteiger partial charge in [-0.3, -0.25) is 0 Å². The van der Waals surface area contributed by atoms with Gasteiger partial charge in [0, 0.05) is 14.2 Å². The summed E-state index contributed by atoms with van der Waals surface area (Å²) in [6, 6.07) is 0. The Hall–Kier alpha value is -0.230. The largest absolute Gasteiger partial charge is 0.365 e. The second-order valence-corrected chi connectivity index (χ2v) is 1.70. The number of hydrogen-bond acceptors (Lipinski definition) is 4. The van der Waals surface area contributed by atoms with Gasteiger partial charge in [-0.15, -0.1) is 0 Å². The Morgan fingerprint density at radius 3 is 1.60 bits per heavy atom. The van der Waals surface area contributed by atoms with Crippen LogP contribution in [0.25, 0.3) is 0 Å². The first-order valence-electron chi connectivity index (χ1n) is 2.69. The third-order valence-electron chi connectivity index (χ3n) is 1.03. The normalized spacial score (nSPS) is 20.1. The molecule has 0 aromatic heterocycles. The predicted octanol–water partition coefficient (Wildman–Crippen LogP) is -0.746. The summed E-state index contributed by atoms with van der Waals surface area (Å²) in [5.74, 6) is 0. The third-order valence-corrected chi connectivity index (χ3v) is 1.03. The van der Waals surface area contributed by atoms with Crippen molar-refractivity contribution in [3.05, 3.63) is 0 Å². The first-order valence-corrected chi connectivity index (χ1v) is 2.69. The van der Waals surface area contributed by atoms with Crippen molar-refractivity contribution in [2.24, 2.45) is 0 Å². The minimum Gasteiger partial charge on any atom is -0.365 e. The van der Waals surface area contributed by atoms with E-state index in [1.807, 2.05) is 0 Å². The molecule has 0 saturated heterocycles. The molecule has 2 N–H and O–H groups in total. The molecule has 0 aliphatic carbocycles. The maximum atomic E-state index is 12.4. The van der Waals surface area contributed by atoms with Gasteiger partial charge in [-0.25, -0.2) is 4.39 Å². The third kappa shape index (κ3) is 2.57. The average molecular weight is 154 g/mol. The molecule has 62 valence electrons. The van der Waals surface area contributed by atoms with E-state index in [9.17, 15) is 4.39 Å². The Morgan fingerprint density at radius 2 is 1.40 bits per heavy atom. The van der Waals surface area contributed by atoms with E-state index in [0.29, 0.717) is 0 Å². The van der Waals surface area contributed by atoms with Gasteiger partial charge < -0.3 is 19.7 Å². The molecule has 0 aromatic carbocycles. The van der Waals surface area contributed by atoms with Crippen LogP contribution in [0, 0.1) is 0 Å². The van der Waals surface area contributed by atoms with Crippen molar-refractivity contribution in [2.45, 2.75) is 18.8 Å².